The highest BCUT2D eigenvalue weighted by molar-refractivity contribution is 5.78. The van der Waals surface area contributed by atoms with Crippen molar-refractivity contribution in [2.24, 2.45) is 5.92 Å². The van der Waals surface area contributed by atoms with Gasteiger partial charge in [0.1, 0.15) is 0 Å². The van der Waals surface area contributed by atoms with E-state index in [4.69, 9.17) is 5.73 Å². The van der Waals surface area contributed by atoms with Gasteiger partial charge in [0.15, 0.2) is 0 Å². The van der Waals surface area contributed by atoms with Crippen LogP contribution in [0.3, 0.4) is 0 Å². The molecule has 110 valence electrons. The van der Waals surface area contributed by atoms with Gasteiger partial charge >= 0.3 is 0 Å². The van der Waals surface area contributed by atoms with E-state index >= 15 is 0 Å². The highest BCUT2D eigenvalue weighted by Crippen LogP contribution is 2.15. The number of carbonyl (C=O) groups excluding carboxylic acids is 1. The molecule has 2 rings (SSSR count). The van der Waals surface area contributed by atoms with Crippen LogP contribution in [0.4, 0.5) is 5.69 Å². The molecule has 0 bridgehead atoms. The fourth-order valence-corrected chi connectivity index (χ4v) is 2.41. The second-order valence-electron chi connectivity index (χ2n) is 5.63. The van der Waals surface area contributed by atoms with Gasteiger partial charge in [-0.3, -0.25) is 9.78 Å². The van der Waals surface area contributed by atoms with Crippen molar-refractivity contribution in [2.45, 2.75) is 26.2 Å². The fourth-order valence-electron chi connectivity index (χ4n) is 2.41. The minimum absolute atomic E-state index is 0.0210. The maximum atomic E-state index is 11.8. The van der Waals surface area contributed by atoms with Gasteiger partial charge < -0.3 is 16.0 Å². The van der Waals surface area contributed by atoms with E-state index in [1.165, 1.54) is 12.8 Å². The second-order valence-corrected chi connectivity index (χ2v) is 5.63. The molecule has 5 heteroatoms. The van der Waals surface area contributed by atoms with Crippen LogP contribution < -0.4 is 11.1 Å². The number of pyridine rings is 1. The van der Waals surface area contributed by atoms with Crippen LogP contribution in [0, 0.1) is 5.92 Å². The maximum Gasteiger partial charge on any atom is 0.226 e. The number of hydrogen-bond acceptors (Lipinski definition) is 4. The summed E-state index contributed by atoms with van der Waals surface area (Å²) in [4.78, 5) is 18.3. The average Bonchev–Trinajstić information content (AvgIpc) is 2.44. The van der Waals surface area contributed by atoms with Crippen molar-refractivity contribution >= 4 is 11.6 Å². The zero-order chi connectivity index (χ0) is 14.4. The average molecular weight is 276 g/mol. The Kier molecular flexibility index (Phi) is 5.35. The number of anilines is 1. The van der Waals surface area contributed by atoms with Crippen molar-refractivity contribution in [1.82, 2.24) is 15.2 Å². The van der Waals surface area contributed by atoms with E-state index in [9.17, 15) is 4.79 Å². The summed E-state index contributed by atoms with van der Waals surface area (Å²) in [5, 5.41) is 2.95. The largest absolute Gasteiger partial charge is 0.397 e. The number of hydrogen-bond donors (Lipinski definition) is 2. The van der Waals surface area contributed by atoms with E-state index in [0.717, 1.165) is 31.2 Å². The Morgan fingerprint density at radius 3 is 2.85 bits per heavy atom. The third kappa shape index (κ3) is 4.81. The van der Waals surface area contributed by atoms with Crippen LogP contribution >= 0.6 is 0 Å². The molecule has 2 heterocycles. The van der Waals surface area contributed by atoms with E-state index < -0.39 is 0 Å². The quantitative estimate of drug-likeness (QED) is 0.843. The van der Waals surface area contributed by atoms with Crippen LogP contribution in [0.2, 0.25) is 0 Å². The molecule has 1 saturated heterocycles. The van der Waals surface area contributed by atoms with Crippen molar-refractivity contribution < 1.29 is 4.79 Å². The minimum Gasteiger partial charge on any atom is -0.397 e. The van der Waals surface area contributed by atoms with Crippen molar-refractivity contribution in [1.29, 1.82) is 0 Å². The standard InChI is InChI=1S/C15H24N4O/c1-12-4-7-19(8-5-12)9-6-17-15(20)10-14-3-2-13(16)11-18-14/h2-3,11-12H,4-10,16H2,1H3,(H,17,20). The third-order valence-electron chi connectivity index (χ3n) is 3.82. The van der Waals surface area contributed by atoms with E-state index in [-0.39, 0.29) is 5.91 Å². The summed E-state index contributed by atoms with van der Waals surface area (Å²) in [7, 11) is 0. The van der Waals surface area contributed by atoms with E-state index in [2.05, 4.69) is 22.1 Å². The zero-order valence-electron chi connectivity index (χ0n) is 12.1. The van der Waals surface area contributed by atoms with Gasteiger partial charge in [-0.05, 0) is 44.0 Å². The lowest BCUT2D eigenvalue weighted by Gasteiger charge is -2.30. The molecule has 0 spiro atoms. The number of amides is 1. The summed E-state index contributed by atoms with van der Waals surface area (Å²) in [5.74, 6) is 0.866. The first-order valence-electron chi connectivity index (χ1n) is 7.33. The number of nitrogens with zero attached hydrogens (tertiary/aromatic N) is 2. The topological polar surface area (TPSA) is 71.2 Å². The molecule has 1 aliphatic rings. The molecule has 0 aromatic carbocycles. The molecule has 1 aromatic rings. The van der Waals surface area contributed by atoms with Gasteiger partial charge in [-0.15, -0.1) is 0 Å². The molecule has 1 amide bonds. The Hall–Kier alpha value is -1.62. The van der Waals surface area contributed by atoms with Gasteiger partial charge in [0.05, 0.1) is 18.3 Å². The number of rotatable bonds is 5. The Morgan fingerprint density at radius 2 is 2.20 bits per heavy atom. The molecular formula is C15H24N4O. The fraction of sp³-hybridized carbons (Fsp3) is 0.600. The van der Waals surface area contributed by atoms with Gasteiger partial charge in [-0.1, -0.05) is 6.92 Å². The first-order valence-corrected chi connectivity index (χ1v) is 7.33. The van der Waals surface area contributed by atoms with Crippen LogP contribution in [0.5, 0.6) is 0 Å². The molecular weight excluding hydrogens is 252 g/mol. The van der Waals surface area contributed by atoms with Crippen LogP contribution in [-0.4, -0.2) is 42.0 Å². The summed E-state index contributed by atoms with van der Waals surface area (Å²) in [6.45, 7) is 6.25. The normalized spacial score (nSPS) is 17.1. The summed E-state index contributed by atoms with van der Waals surface area (Å²) in [6.07, 6.45) is 4.43. The number of nitrogens with two attached hydrogens (primary N) is 1. The molecule has 0 aliphatic carbocycles. The van der Waals surface area contributed by atoms with Crippen molar-refractivity contribution in [3.05, 3.63) is 24.0 Å². The zero-order valence-corrected chi connectivity index (χ0v) is 12.1. The predicted molar refractivity (Wildman–Crippen MR) is 80.2 cm³/mol. The van der Waals surface area contributed by atoms with Crippen LogP contribution in [-0.2, 0) is 11.2 Å². The van der Waals surface area contributed by atoms with Gasteiger partial charge in [0, 0.05) is 18.8 Å². The maximum absolute atomic E-state index is 11.8. The molecule has 1 fully saturated rings. The molecule has 0 unspecified atom stereocenters. The number of piperidine rings is 1. The van der Waals surface area contributed by atoms with Crippen LogP contribution in [0.25, 0.3) is 0 Å². The molecule has 0 atom stereocenters. The highest BCUT2D eigenvalue weighted by Gasteiger charge is 2.15. The predicted octanol–water partition coefficient (Wildman–Crippen LogP) is 1.05. The Bertz CT molecular complexity index is 424. The molecule has 0 radical (unpaired) electrons. The molecule has 1 aliphatic heterocycles. The van der Waals surface area contributed by atoms with Gasteiger partial charge in [0.25, 0.3) is 0 Å². The van der Waals surface area contributed by atoms with Gasteiger partial charge in [-0.25, -0.2) is 0 Å². The summed E-state index contributed by atoms with van der Waals surface area (Å²) >= 11 is 0. The monoisotopic (exact) mass is 276 g/mol. The molecule has 1 aromatic heterocycles. The Labute approximate surface area is 120 Å². The first-order chi connectivity index (χ1) is 9.63. The number of aromatic nitrogens is 1. The molecule has 5 nitrogen and oxygen atoms in total. The summed E-state index contributed by atoms with van der Waals surface area (Å²) < 4.78 is 0. The number of nitrogens with one attached hydrogen (secondary N) is 1. The number of carbonyl (C=O) groups is 1. The van der Waals surface area contributed by atoms with Crippen LogP contribution in [0.15, 0.2) is 18.3 Å². The van der Waals surface area contributed by atoms with E-state index in [1.54, 1.807) is 18.3 Å². The molecule has 0 saturated carbocycles. The smallest absolute Gasteiger partial charge is 0.226 e. The van der Waals surface area contributed by atoms with Crippen molar-refractivity contribution in [3.63, 3.8) is 0 Å². The van der Waals surface area contributed by atoms with Gasteiger partial charge in [0.2, 0.25) is 5.91 Å². The lowest BCUT2D eigenvalue weighted by atomic mass is 9.99. The first kappa shape index (κ1) is 14.8. The Morgan fingerprint density at radius 1 is 1.45 bits per heavy atom. The highest BCUT2D eigenvalue weighted by atomic mass is 16.1. The van der Waals surface area contributed by atoms with Crippen molar-refractivity contribution in [3.8, 4) is 0 Å². The molecule has 20 heavy (non-hydrogen) atoms. The summed E-state index contributed by atoms with van der Waals surface area (Å²) in [5.41, 5.74) is 6.93. The van der Waals surface area contributed by atoms with E-state index in [1.807, 2.05) is 0 Å². The summed E-state index contributed by atoms with van der Waals surface area (Å²) in [6, 6.07) is 3.56. The Balaban J connectivity index is 1.64. The minimum atomic E-state index is 0.0210. The lowest BCUT2D eigenvalue weighted by molar-refractivity contribution is -0.120. The van der Waals surface area contributed by atoms with Crippen LogP contribution in [0.1, 0.15) is 25.5 Å². The van der Waals surface area contributed by atoms with E-state index in [0.29, 0.717) is 18.7 Å². The van der Waals surface area contributed by atoms with Gasteiger partial charge in [-0.2, -0.15) is 0 Å². The third-order valence-corrected chi connectivity index (χ3v) is 3.82. The number of nitrogen functional groups attached to an aromatic ring is 1. The SMILES string of the molecule is CC1CCN(CCNC(=O)Cc2ccc(N)cn2)CC1. The van der Waals surface area contributed by atoms with Crippen molar-refractivity contribution in [2.75, 3.05) is 31.9 Å². The lowest BCUT2D eigenvalue weighted by Crippen LogP contribution is -2.39. The number of likely N-dealkylation sites (tertiary alicyclic amines) is 1. The molecule has 3 N–H and O–H groups in total. The second kappa shape index (κ2) is 7.24.